The van der Waals surface area contributed by atoms with Crippen LogP contribution in [0.5, 0.6) is 0 Å². The molecular weight excluding hydrogens is 244 g/mol. The Bertz CT molecular complexity index is 413. The molecule has 0 aliphatic carbocycles. The largest absolute Gasteiger partial charge is 0.396 e. The smallest absolute Gasteiger partial charge is 0.256 e. The fraction of sp³-hybridized carbons (Fsp3) is 0.714. The van der Waals surface area contributed by atoms with Gasteiger partial charge >= 0.3 is 0 Å². The van der Waals surface area contributed by atoms with Crippen molar-refractivity contribution in [2.45, 2.75) is 46.5 Å². The quantitative estimate of drug-likeness (QED) is 0.744. The van der Waals surface area contributed by atoms with Crippen molar-refractivity contribution in [2.75, 3.05) is 13.2 Å². The lowest BCUT2D eigenvalue weighted by Gasteiger charge is -2.09. The van der Waals surface area contributed by atoms with Gasteiger partial charge < -0.3 is 14.9 Å². The fourth-order valence-electron chi connectivity index (χ4n) is 1.89. The third-order valence-corrected chi connectivity index (χ3v) is 3.11. The number of aliphatic hydroxyl groups is 1. The molecule has 1 amide bonds. The lowest BCUT2D eigenvalue weighted by molar-refractivity contribution is 0.0949. The van der Waals surface area contributed by atoms with Crippen molar-refractivity contribution < 1.29 is 14.4 Å². The molecule has 0 aliphatic heterocycles. The van der Waals surface area contributed by atoms with E-state index in [0.717, 1.165) is 12.8 Å². The van der Waals surface area contributed by atoms with Gasteiger partial charge in [0.1, 0.15) is 5.56 Å². The van der Waals surface area contributed by atoms with Crippen molar-refractivity contribution >= 4 is 5.91 Å². The van der Waals surface area contributed by atoms with Gasteiger partial charge in [0.25, 0.3) is 5.91 Å². The Morgan fingerprint density at radius 3 is 2.68 bits per heavy atom. The van der Waals surface area contributed by atoms with E-state index in [-0.39, 0.29) is 24.3 Å². The Labute approximate surface area is 114 Å². The highest BCUT2D eigenvalue weighted by molar-refractivity contribution is 5.96. The molecule has 0 aliphatic rings. The Kier molecular flexibility index (Phi) is 6.02. The number of amides is 1. The molecule has 1 rings (SSSR count). The Morgan fingerprint density at radius 1 is 1.42 bits per heavy atom. The molecule has 1 heterocycles. The minimum atomic E-state index is -0.126. The van der Waals surface area contributed by atoms with Crippen LogP contribution in [-0.2, 0) is 0 Å². The van der Waals surface area contributed by atoms with Gasteiger partial charge in [-0.25, -0.2) is 0 Å². The highest BCUT2D eigenvalue weighted by atomic mass is 16.5. The second-order valence-corrected chi connectivity index (χ2v) is 5.35. The number of aromatic nitrogens is 1. The molecule has 0 fully saturated rings. The predicted octanol–water partition coefficient (Wildman–Crippen LogP) is 2.24. The fourth-order valence-corrected chi connectivity index (χ4v) is 1.89. The van der Waals surface area contributed by atoms with E-state index >= 15 is 0 Å². The Morgan fingerprint density at radius 2 is 2.11 bits per heavy atom. The number of carbonyl (C=O) groups excluding carboxylic acids is 1. The van der Waals surface area contributed by atoms with Gasteiger partial charge in [-0.3, -0.25) is 4.79 Å². The van der Waals surface area contributed by atoms with E-state index in [4.69, 9.17) is 9.63 Å². The molecule has 0 spiro atoms. The molecule has 1 atom stereocenters. The van der Waals surface area contributed by atoms with Crippen LogP contribution in [0.3, 0.4) is 0 Å². The molecule has 1 aromatic rings. The average molecular weight is 268 g/mol. The van der Waals surface area contributed by atoms with E-state index in [2.05, 4.69) is 10.5 Å². The van der Waals surface area contributed by atoms with Gasteiger partial charge in [0.05, 0.1) is 5.69 Å². The zero-order chi connectivity index (χ0) is 14.4. The number of nitrogens with one attached hydrogen (secondary N) is 1. The molecule has 0 bridgehead atoms. The molecule has 0 aromatic carbocycles. The number of aliphatic hydroxyl groups excluding tert-OH is 1. The number of rotatable bonds is 7. The molecule has 5 nitrogen and oxygen atoms in total. The summed E-state index contributed by atoms with van der Waals surface area (Å²) < 4.78 is 5.20. The topological polar surface area (TPSA) is 75.4 Å². The Balaban J connectivity index is 2.52. The summed E-state index contributed by atoms with van der Waals surface area (Å²) in [6, 6.07) is 0. The van der Waals surface area contributed by atoms with Crippen LogP contribution in [0.2, 0.25) is 0 Å². The Hall–Kier alpha value is -1.36. The van der Waals surface area contributed by atoms with Crippen molar-refractivity contribution in [3.8, 4) is 0 Å². The van der Waals surface area contributed by atoms with Crippen molar-refractivity contribution in [1.82, 2.24) is 10.5 Å². The summed E-state index contributed by atoms with van der Waals surface area (Å²) in [7, 11) is 0. The summed E-state index contributed by atoms with van der Waals surface area (Å²) >= 11 is 0. The average Bonchev–Trinajstić information content (AvgIpc) is 2.76. The first kappa shape index (κ1) is 15.7. The minimum absolute atomic E-state index is 0.126. The summed E-state index contributed by atoms with van der Waals surface area (Å²) in [6.07, 6.45) is 1.76. The van der Waals surface area contributed by atoms with E-state index in [1.807, 2.05) is 20.8 Å². The first-order valence-electron chi connectivity index (χ1n) is 6.82. The highest BCUT2D eigenvalue weighted by Gasteiger charge is 2.22. The highest BCUT2D eigenvalue weighted by Crippen LogP contribution is 2.21. The van der Waals surface area contributed by atoms with Crippen LogP contribution in [0.1, 0.15) is 61.3 Å². The molecule has 0 saturated heterocycles. The van der Waals surface area contributed by atoms with Crippen LogP contribution in [0.15, 0.2) is 4.52 Å². The molecule has 108 valence electrons. The maximum Gasteiger partial charge on any atom is 0.256 e. The van der Waals surface area contributed by atoms with Crippen LogP contribution in [-0.4, -0.2) is 29.3 Å². The van der Waals surface area contributed by atoms with Crippen LogP contribution in [0.4, 0.5) is 0 Å². The second-order valence-electron chi connectivity index (χ2n) is 5.35. The summed E-state index contributed by atoms with van der Waals surface area (Å²) in [4.78, 5) is 12.1. The number of hydrogen-bond donors (Lipinski definition) is 2. The minimum Gasteiger partial charge on any atom is -0.396 e. The molecular formula is C14H24N2O3. The van der Waals surface area contributed by atoms with Crippen LogP contribution < -0.4 is 5.32 Å². The zero-order valence-corrected chi connectivity index (χ0v) is 12.2. The van der Waals surface area contributed by atoms with Gasteiger partial charge in [0.2, 0.25) is 0 Å². The van der Waals surface area contributed by atoms with E-state index in [0.29, 0.717) is 23.6 Å². The van der Waals surface area contributed by atoms with Gasteiger partial charge in [-0.1, -0.05) is 25.9 Å². The maximum atomic E-state index is 12.1. The molecule has 19 heavy (non-hydrogen) atoms. The van der Waals surface area contributed by atoms with Gasteiger partial charge in [-0.2, -0.15) is 0 Å². The lowest BCUT2D eigenvalue weighted by atomic mass is 10.0. The summed E-state index contributed by atoms with van der Waals surface area (Å²) in [6.45, 7) is 8.50. The third kappa shape index (κ3) is 4.35. The van der Waals surface area contributed by atoms with E-state index in [1.165, 1.54) is 0 Å². The van der Waals surface area contributed by atoms with E-state index < -0.39 is 0 Å². The number of aryl methyl sites for hydroxylation is 1. The van der Waals surface area contributed by atoms with Crippen molar-refractivity contribution in [1.29, 1.82) is 0 Å². The third-order valence-electron chi connectivity index (χ3n) is 3.11. The maximum absolute atomic E-state index is 12.1. The van der Waals surface area contributed by atoms with E-state index in [9.17, 15) is 4.79 Å². The van der Waals surface area contributed by atoms with Gasteiger partial charge in [-0.05, 0) is 25.7 Å². The van der Waals surface area contributed by atoms with Crippen molar-refractivity contribution in [3.63, 3.8) is 0 Å². The summed E-state index contributed by atoms with van der Waals surface area (Å²) in [5.74, 6) is 0.926. The number of carbonyl (C=O) groups is 1. The normalized spacial score (nSPS) is 12.7. The first-order chi connectivity index (χ1) is 8.97. The predicted molar refractivity (Wildman–Crippen MR) is 73.1 cm³/mol. The molecule has 0 saturated carbocycles. The van der Waals surface area contributed by atoms with Gasteiger partial charge in [0, 0.05) is 19.1 Å². The molecule has 5 heteroatoms. The first-order valence-corrected chi connectivity index (χ1v) is 6.82. The lowest BCUT2D eigenvalue weighted by Crippen LogP contribution is -2.26. The summed E-state index contributed by atoms with van der Waals surface area (Å²) in [5.41, 5.74) is 1.19. The van der Waals surface area contributed by atoms with Crippen molar-refractivity contribution in [3.05, 3.63) is 17.0 Å². The summed E-state index contributed by atoms with van der Waals surface area (Å²) in [5, 5.41) is 15.7. The molecule has 1 aromatic heterocycles. The number of hydrogen-bond acceptors (Lipinski definition) is 4. The van der Waals surface area contributed by atoms with Gasteiger partial charge in [0.15, 0.2) is 5.76 Å². The zero-order valence-electron chi connectivity index (χ0n) is 12.2. The van der Waals surface area contributed by atoms with Crippen LogP contribution in [0, 0.1) is 12.8 Å². The monoisotopic (exact) mass is 268 g/mol. The molecule has 0 radical (unpaired) electrons. The molecule has 2 N–H and O–H groups in total. The number of nitrogens with zero attached hydrogens (tertiary/aromatic N) is 1. The second kappa shape index (κ2) is 7.28. The van der Waals surface area contributed by atoms with Gasteiger partial charge in [-0.15, -0.1) is 0 Å². The van der Waals surface area contributed by atoms with Crippen LogP contribution in [0.25, 0.3) is 0 Å². The van der Waals surface area contributed by atoms with E-state index in [1.54, 1.807) is 6.92 Å². The molecule has 1 unspecified atom stereocenters. The van der Waals surface area contributed by atoms with Crippen LogP contribution >= 0.6 is 0 Å². The van der Waals surface area contributed by atoms with Crippen molar-refractivity contribution in [2.24, 2.45) is 5.92 Å². The standard InChI is InChI=1S/C14H24N2O3/c1-9(2)13-12(11(4)16-19-13)14(18)15-7-5-6-10(3)8-17/h9-10,17H,5-8H2,1-4H3,(H,15,18). The SMILES string of the molecule is Cc1noc(C(C)C)c1C(=O)NCCCC(C)CO.